The molecule has 1 aliphatic carbocycles. The lowest BCUT2D eigenvalue weighted by Crippen LogP contribution is -2.40. The quantitative estimate of drug-likeness (QED) is 0.798. The van der Waals surface area contributed by atoms with Crippen LogP contribution in [0.3, 0.4) is 0 Å². The summed E-state index contributed by atoms with van der Waals surface area (Å²) < 4.78 is 0. The molecule has 1 fully saturated rings. The third kappa shape index (κ3) is 3.55. The molecule has 1 aromatic rings. The molecule has 0 atom stereocenters. The highest BCUT2D eigenvalue weighted by Crippen LogP contribution is 2.32. The van der Waals surface area contributed by atoms with E-state index in [1.165, 1.54) is 11.0 Å². The number of aliphatic carboxylic acids is 1. The molecule has 7 nitrogen and oxygen atoms in total. The van der Waals surface area contributed by atoms with E-state index < -0.39 is 11.9 Å². The van der Waals surface area contributed by atoms with E-state index in [1.807, 2.05) is 0 Å². The highest BCUT2D eigenvalue weighted by molar-refractivity contribution is 6.22. The van der Waals surface area contributed by atoms with Gasteiger partial charge in [-0.15, -0.1) is 0 Å². The Kier molecular flexibility index (Phi) is 4.83. The van der Waals surface area contributed by atoms with Crippen molar-refractivity contribution >= 4 is 29.4 Å². The molecule has 132 valence electrons. The smallest absolute Gasteiger partial charge is 0.303 e. The molecule has 3 rings (SSSR count). The lowest BCUT2D eigenvalue weighted by molar-refractivity contribution is -0.138. The number of amides is 3. The van der Waals surface area contributed by atoms with Crippen LogP contribution in [0.15, 0.2) is 18.2 Å². The van der Waals surface area contributed by atoms with Crippen molar-refractivity contribution in [2.75, 3.05) is 5.32 Å². The van der Waals surface area contributed by atoms with Gasteiger partial charge >= 0.3 is 5.97 Å². The Morgan fingerprint density at radius 1 is 1.04 bits per heavy atom. The van der Waals surface area contributed by atoms with Crippen LogP contribution in [0.1, 0.15) is 65.7 Å². The highest BCUT2D eigenvalue weighted by atomic mass is 16.4. The normalized spacial score (nSPS) is 17.5. The molecule has 0 bridgehead atoms. The van der Waals surface area contributed by atoms with Gasteiger partial charge < -0.3 is 10.4 Å². The molecule has 1 aromatic carbocycles. The third-order valence-corrected chi connectivity index (χ3v) is 4.71. The second kappa shape index (κ2) is 7.04. The zero-order chi connectivity index (χ0) is 18.0. The van der Waals surface area contributed by atoms with Gasteiger partial charge in [-0.25, -0.2) is 0 Å². The predicted molar refractivity (Wildman–Crippen MR) is 89.3 cm³/mol. The van der Waals surface area contributed by atoms with Crippen LogP contribution in [-0.2, 0) is 9.59 Å². The first kappa shape index (κ1) is 17.1. The summed E-state index contributed by atoms with van der Waals surface area (Å²) in [5.74, 6) is -2.07. The van der Waals surface area contributed by atoms with Crippen LogP contribution in [-0.4, -0.2) is 39.7 Å². The maximum absolute atomic E-state index is 12.7. The van der Waals surface area contributed by atoms with Crippen LogP contribution in [0.2, 0.25) is 0 Å². The van der Waals surface area contributed by atoms with Crippen LogP contribution in [0.5, 0.6) is 0 Å². The number of carboxylic acids is 1. The molecular formula is C18H20N2O5. The Labute approximate surface area is 145 Å². The molecule has 0 saturated heterocycles. The maximum Gasteiger partial charge on any atom is 0.303 e. The largest absolute Gasteiger partial charge is 0.481 e. The summed E-state index contributed by atoms with van der Waals surface area (Å²) >= 11 is 0. The van der Waals surface area contributed by atoms with Crippen molar-refractivity contribution in [2.24, 2.45) is 0 Å². The first-order valence-corrected chi connectivity index (χ1v) is 8.51. The summed E-state index contributed by atoms with van der Waals surface area (Å²) in [6.07, 6.45) is 4.43. The predicted octanol–water partition coefficient (Wildman–Crippen LogP) is 2.42. The van der Waals surface area contributed by atoms with E-state index in [9.17, 15) is 19.2 Å². The van der Waals surface area contributed by atoms with Gasteiger partial charge in [-0.3, -0.25) is 24.1 Å². The van der Waals surface area contributed by atoms with Gasteiger partial charge in [0, 0.05) is 18.2 Å². The average Bonchev–Trinajstić information content (AvgIpc) is 2.84. The molecule has 0 aromatic heterocycles. The van der Waals surface area contributed by atoms with E-state index in [-0.39, 0.29) is 30.7 Å². The molecule has 2 N–H and O–H groups in total. The zero-order valence-electron chi connectivity index (χ0n) is 13.8. The fraction of sp³-hybridized carbons (Fsp3) is 0.444. The number of rotatable bonds is 5. The lowest BCUT2D eigenvalue weighted by atomic mass is 9.94. The summed E-state index contributed by atoms with van der Waals surface area (Å²) in [6, 6.07) is 4.56. The number of nitrogens with one attached hydrogen (secondary N) is 1. The number of carboxylic acid groups (broad SMARTS) is 1. The van der Waals surface area contributed by atoms with Gasteiger partial charge in [-0.1, -0.05) is 19.3 Å². The van der Waals surface area contributed by atoms with Crippen molar-refractivity contribution in [1.82, 2.24) is 4.90 Å². The van der Waals surface area contributed by atoms with Gasteiger partial charge in [0.05, 0.1) is 17.5 Å². The molecular weight excluding hydrogens is 324 g/mol. The van der Waals surface area contributed by atoms with E-state index in [4.69, 9.17) is 5.11 Å². The highest BCUT2D eigenvalue weighted by Gasteiger charge is 2.40. The Bertz CT molecular complexity index is 737. The monoisotopic (exact) mass is 344 g/mol. The minimum absolute atomic E-state index is 0.0465. The number of hydrogen-bond donors (Lipinski definition) is 2. The number of carbonyl (C=O) groups is 4. The van der Waals surface area contributed by atoms with Crippen molar-refractivity contribution in [3.63, 3.8) is 0 Å². The Hall–Kier alpha value is -2.70. The van der Waals surface area contributed by atoms with Gasteiger partial charge in [0.1, 0.15) is 0 Å². The van der Waals surface area contributed by atoms with Gasteiger partial charge in [0.25, 0.3) is 11.8 Å². The van der Waals surface area contributed by atoms with Gasteiger partial charge in [-0.05, 0) is 31.0 Å². The summed E-state index contributed by atoms with van der Waals surface area (Å²) in [4.78, 5) is 48.9. The molecule has 7 heteroatoms. The molecule has 1 aliphatic heterocycles. The second-order valence-corrected chi connectivity index (χ2v) is 6.47. The van der Waals surface area contributed by atoms with E-state index in [0.29, 0.717) is 16.8 Å². The van der Waals surface area contributed by atoms with E-state index >= 15 is 0 Å². The van der Waals surface area contributed by atoms with Crippen molar-refractivity contribution in [3.8, 4) is 0 Å². The molecule has 3 amide bonds. The standard InChI is InChI=1S/C18H20N2O5/c21-15(8-9-16(22)23)19-11-6-7-13-14(10-11)18(25)20(17(13)24)12-4-2-1-3-5-12/h6-7,10,12H,1-5,8-9H2,(H,19,21)(H,22,23). The minimum Gasteiger partial charge on any atom is -0.481 e. The Morgan fingerprint density at radius 2 is 1.72 bits per heavy atom. The SMILES string of the molecule is O=C(O)CCC(=O)Nc1ccc2c(c1)C(=O)N(C1CCCCC1)C2=O. The van der Waals surface area contributed by atoms with Crippen molar-refractivity contribution < 1.29 is 24.3 Å². The number of fused-ring (bicyclic) bond motifs is 1. The molecule has 0 unspecified atom stereocenters. The number of hydrogen-bond acceptors (Lipinski definition) is 4. The molecule has 1 heterocycles. The zero-order valence-corrected chi connectivity index (χ0v) is 13.8. The topological polar surface area (TPSA) is 104 Å². The summed E-state index contributed by atoms with van der Waals surface area (Å²) in [5.41, 5.74) is 1.05. The number of carbonyl (C=O) groups excluding carboxylic acids is 3. The summed E-state index contributed by atoms with van der Waals surface area (Å²) in [7, 11) is 0. The van der Waals surface area contributed by atoms with Crippen LogP contribution in [0.4, 0.5) is 5.69 Å². The molecule has 2 aliphatic rings. The molecule has 1 saturated carbocycles. The van der Waals surface area contributed by atoms with Crippen LogP contribution in [0, 0.1) is 0 Å². The minimum atomic E-state index is -1.05. The van der Waals surface area contributed by atoms with Gasteiger partial charge in [0.2, 0.25) is 5.91 Å². The fourth-order valence-corrected chi connectivity index (χ4v) is 3.45. The van der Waals surface area contributed by atoms with Crippen molar-refractivity contribution in [3.05, 3.63) is 29.3 Å². The number of imide groups is 1. The van der Waals surface area contributed by atoms with Crippen molar-refractivity contribution in [2.45, 2.75) is 51.0 Å². The molecule has 0 spiro atoms. The number of nitrogens with zero attached hydrogens (tertiary/aromatic N) is 1. The third-order valence-electron chi connectivity index (χ3n) is 4.71. The fourth-order valence-electron chi connectivity index (χ4n) is 3.45. The Balaban J connectivity index is 1.74. The first-order valence-electron chi connectivity index (χ1n) is 8.51. The van der Waals surface area contributed by atoms with E-state index in [2.05, 4.69) is 5.32 Å². The second-order valence-electron chi connectivity index (χ2n) is 6.47. The van der Waals surface area contributed by atoms with Gasteiger partial charge in [0.15, 0.2) is 0 Å². The van der Waals surface area contributed by atoms with E-state index in [0.717, 1.165) is 32.1 Å². The van der Waals surface area contributed by atoms with Gasteiger partial charge in [-0.2, -0.15) is 0 Å². The first-order chi connectivity index (χ1) is 12.0. The molecule has 0 radical (unpaired) electrons. The Morgan fingerprint density at radius 3 is 2.40 bits per heavy atom. The van der Waals surface area contributed by atoms with Crippen LogP contribution >= 0.6 is 0 Å². The van der Waals surface area contributed by atoms with Crippen LogP contribution < -0.4 is 5.32 Å². The summed E-state index contributed by atoms with van der Waals surface area (Å²) in [5, 5.41) is 11.2. The van der Waals surface area contributed by atoms with E-state index in [1.54, 1.807) is 12.1 Å². The summed E-state index contributed by atoms with van der Waals surface area (Å²) in [6.45, 7) is 0. The number of benzene rings is 1. The molecule has 25 heavy (non-hydrogen) atoms. The average molecular weight is 344 g/mol. The number of anilines is 1. The maximum atomic E-state index is 12.7. The van der Waals surface area contributed by atoms with Crippen molar-refractivity contribution in [1.29, 1.82) is 0 Å². The van der Waals surface area contributed by atoms with Crippen LogP contribution in [0.25, 0.3) is 0 Å². The lowest BCUT2D eigenvalue weighted by Gasteiger charge is -2.29.